The van der Waals surface area contributed by atoms with Gasteiger partial charge in [-0.25, -0.2) is 4.98 Å². The second kappa shape index (κ2) is 7.91. The van der Waals surface area contributed by atoms with Gasteiger partial charge in [-0.1, -0.05) is 30.3 Å². The molecular weight excluding hydrogens is 322 g/mol. The minimum Gasteiger partial charge on any atom is -0.329 e. The topological polar surface area (TPSA) is 59.1 Å². The normalized spacial score (nSPS) is 20.1. The third-order valence-electron chi connectivity index (χ3n) is 6.01. The minimum atomic E-state index is 0.143. The van der Waals surface area contributed by atoms with Crippen molar-refractivity contribution in [3.63, 3.8) is 0 Å². The number of imidazole rings is 1. The van der Waals surface area contributed by atoms with Crippen molar-refractivity contribution in [1.29, 1.82) is 0 Å². The van der Waals surface area contributed by atoms with Gasteiger partial charge in [0.05, 0.1) is 5.69 Å². The molecule has 140 valence electrons. The molecule has 1 aromatic carbocycles. The van der Waals surface area contributed by atoms with E-state index in [1.165, 1.54) is 35.6 Å². The number of aromatic nitrogens is 2. The molecule has 2 aromatic rings. The van der Waals surface area contributed by atoms with E-state index in [0.717, 1.165) is 45.6 Å². The molecule has 26 heavy (non-hydrogen) atoms. The molecule has 0 bridgehead atoms. The molecule has 0 radical (unpaired) electrons. The Morgan fingerprint density at radius 2 is 2.00 bits per heavy atom. The number of likely N-dealkylation sites (tertiary alicyclic amines) is 1. The van der Waals surface area contributed by atoms with Gasteiger partial charge in [0.1, 0.15) is 5.82 Å². The number of benzene rings is 1. The maximum Gasteiger partial charge on any atom is 0.106 e. The fraction of sp³-hybridized carbons (Fsp3) is 0.571. The number of rotatable bonds is 5. The van der Waals surface area contributed by atoms with Gasteiger partial charge < -0.3 is 20.5 Å². The molecule has 0 aliphatic carbocycles. The van der Waals surface area contributed by atoms with Gasteiger partial charge in [0.2, 0.25) is 0 Å². The molecule has 4 rings (SSSR count). The number of nitrogens with two attached hydrogens (primary N) is 1. The lowest BCUT2D eigenvalue weighted by Crippen LogP contribution is -2.37. The average molecular weight is 354 g/mol. The molecule has 3 heterocycles. The summed E-state index contributed by atoms with van der Waals surface area (Å²) in [4.78, 5) is 7.39. The molecule has 1 atom stereocenters. The predicted octanol–water partition coefficient (Wildman–Crippen LogP) is 2.56. The summed E-state index contributed by atoms with van der Waals surface area (Å²) in [6, 6.07) is 11.2. The number of hydrogen-bond donors (Lipinski definition) is 2. The van der Waals surface area contributed by atoms with Gasteiger partial charge in [0.25, 0.3) is 0 Å². The molecule has 2 aliphatic rings. The highest BCUT2D eigenvalue weighted by Gasteiger charge is 2.26. The summed E-state index contributed by atoms with van der Waals surface area (Å²) in [5.74, 6) is 1.20. The fourth-order valence-corrected chi connectivity index (χ4v) is 4.54. The first-order valence-electron chi connectivity index (χ1n) is 10.0. The van der Waals surface area contributed by atoms with Gasteiger partial charge in [-0.05, 0) is 38.3 Å². The first-order chi connectivity index (χ1) is 12.7. The molecular formula is C21H31N5. The van der Waals surface area contributed by atoms with E-state index in [9.17, 15) is 0 Å². The number of fused-ring (bicyclic) bond motifs is 1. The quantitative estimate of drug-likeness (QED) is 0.867. The molecule has 3 N–H and O–H groups in total. The van der Waals surface area contributed by atoms with E-state index in [2.05, 4.69) is 46.0 Å². The van der Waals surface area contributed by atoms with Crippen LogP contribution in [0.4, 0.5) is 0 Å². The Balaban J connectivity index is 1.31. The van der Waals surface area contributed by atoms with Crippen molar-refractivity contribution in [1.82, 2.24) is 19.8 Å². The SMILES string of the molecule is Cc1nc2c(n1C1CCN(CC[C@H](N)c3ccccc3)CC1)CCNC2. The number of hydrogen-bond acceptors (Lipinski definition) is 4. The summed E-state index contributed by atoms with van der Waals surface area (Å²) < 4.78 is 2.54. The summed E-state index contributed by atoms with van der Waals surface area (Å²) in [5.41, 5.74) is 10.4. The first-order valence-corrected chi connectivity index (χ1v) is 10.0. The molecule has 0 amide bonds. The Morgan fingerprint density at radius 1 is 1.23 bits per heavy atom. The van der Waals surface area contributed by atoms with E-state index < -0.39 is 0 Å². The molecule has 5 nitrogen and oxygen atoms in total. The number of nitrogens with one attached hydrogen (secondary N) is 1. The third kappa shape index (κ3) is 3.70. The van der Waals surface area contributed by atoms with Crippen molar-refractivity contribution in [3.8, 4) is 0 Å². The van der Waals surface area contributed by atoms with Crippen LogP contribution in [0.5, 0.6) is 0 Å². The fourth-order valence-electron chi connectivity index (χ4n) is 4.54. The Bertz CT molecular complexity index is 716. The second-order valence-electron chi connectivity index (χ2n) is 7.73. The minimum absolute atomic E-state index is 0.143. The number of aryl methyl sites for hydroxylation is 1. The highest BCUT2D eigenvalue weighted by molar-refractivity contribution is 5.21. The molecule has 2 aliphatic heterocycles. The molecule has 1 aromatic heterocycles. The van der Waals surface area contributed by atoms with E-state index >= 15 is 0 Å². The van der Waals surface area contributed by atoms with Crippen LogP contribution < -0.4 is 11.1 Å². The zero-order chi connectivity index (χ0) is 17.9. The predicted molar refractivity (Wildman–Crippen MR) is 105 cm³/mol. The molecule has 0 saturated carbocycles. The lowest BCUT2D eigenvalue weighted by atomic mass is 10.0. The molecule has 1 saturated heterocycles. The summed E-state index contributed by atoms with van der Waals surface area (Å²) in [6.07, 6.45) is 4.58. The Morgan fingerprint density at radius 3 is 2.77 bits per heavy atom. The largest absolute Gasteiger partial charge is 0.329 e. The Labute approximate surface area is 156 Å². The van der Waals surface area contributed by atoms with Crippen LogP contribution in [-0.4, -0.2) is 40.6 Å². The Hall–Kier alpha value is -1.69. The lowest BCUT2D eigenvalue weighted by Gasteiger charge is -2.34. The first kappa shape index (κ1) is 17.7. The van der Waals surface area contributed by atoms with Gasteiger partial charge in [-0.15, -0.1) is 0 Å². The van der Waals surface area contributed by atoms with Crippen LogP contribution in [0.15, 0.2) is 30.3 Å². The van der Waals surface area contributed by atoms with Crippen LogP contribution in [0.3, 0.4) is 0 Å². The lowest BCUT2D eigenvalue weighted by molar-refractivity contribution is 0.178. The van der Waals surface area contributed by atoms with Gasteiger partial charge in [0, 0.05) is 50.4 Å². The maximum atomic E-state index is 6.37. The zero-order valence-electron chi connectivity index (χ0n) is 15.8. The van der Waals surface area contributed by atoms with E-state index in [4.69, 9.17) is 10.7 Å². The van der Waals surface area contributed by atoms with Crippen molar-refractivity contribution in [2.45, 2.75) is 51.2 Å². The van der Waals surface area contributed by atoms with Gasteiger partial charge in [-0.2, -0.15) is 0 Å². The van der Waals surface area contributed by atoms with Gasteiger partial charge in [-0.3, -0.25) is 0 Å². The van der Waals surface area contributed by atoms with Crippen molar-refractivity contribution in [3.05, 3.63) is 53.1 Å². The van der Waals surface area contributed by atoms with Crippen molar-refractivity contribution in [2.75, 3.05) is 26.2 Å². The summed E-state index contributed by atoms with van der Waals surface area (Å²) >= 11 is 0. The maximum absolute atomic E-state index is 6.37. The van der Waals surface area contributed by atoms with Gasteiger partial charge in [0.15, 0.2) is 0 Å². The summed E-state index contributed by atoms with van der Waals surface area (Å²) in [6.45, 7) is 7.60. The molecule has 5 heteroatoms. The van der Waals surface area contributed by atoms with Crippen LogP contribution in [0.25, 0.3) is 0 Å². The standard InChI is InChI=1S/C21H31N5/c1-16-24-20-15-23-11-7-21(20)26(16)18-8-12-25(13-9-18)14-10-19(22)17-5-3-2-4-6-17/h2-6,18-19,23H,7-15,22H2,1H3/t19-/m0/s1. The van der Waals surface area contributed by atoms with E-state index in [1.54, 1.807) is 0 Å². The number of piperidine rings is 1. The smallest absolute Gasteiger partial charge is 0.106 e. The molecule has 0 unspecified atom stereocenters. The Kier molecular flexibility index (Phi) is 5.38. The van der Waals surface area contributed by atoms with Crippen LogP contribution in [0.2, 0.25) is 0 Å². The highest BCUT2D eigenvalue weighted by Crippen LogP contribution is 2.29. The van der Waals surface area contributed by atoms with E-state index in [-0.39, 0.29) is 6.04 Å². The van der Waals surface area contributed by atoms with Crippen molar-refractivity contribution >= 4 is 0 Å². The zero-order valence-corrected chi connectivity index (χ0v) is 15.8. The van der Waals surface area contributed by atoms with Crippen LogP contribution >= 0.6 is 0 Å². The van der Waals surface area contributed by atoms with E-state index in [0.29, 0.717) is 6.04 Å². The molecule has 0 spiro atoms. The van der Waals surface area contributed by atoms with Crippen LogP contribution in [0, 0.1) is 6.92 Å². The van der Waals surface area contributed by atoms with E-state index in [1.807, 2.05) is 6.07 Å². The number of nitrogens with zero attached hydrogens (tertiary/aromatic N) is 3. The van der Waals surface area contributed by atoms with Crippen molar-refractivity contribution in [2.24, 2.45) is 5.73 Å². The monoisotopic (exact) mass is 353 g/mol. The average Bonchev–Trinajstić information content (AvgIpc) is 3.03. The highest BCUT2D eigenvalue weighted by atomic mass is 15.2. The van der Waals surface area contributed by atoms with Crippen LogP contribution in [0.1, 0.15) is 54.1 Å². The van der Waals surface area contributed by atoms with Crippen molar-refractivity contribution < 1.29 is 0 Å². The van der Waals surface area contributed by atoms with Gasteiger partial charge >= 0.3 is 0 Å². The second-order valence-corrected chi connectivity index (χ2v) is 7.73. The summed E-state index contributed by atoms with van der Waals surface area (Å²) in [5, 5.41) is 3.44. The third-order valence-corrected chi connectivity index (χ3v) is 6.01. The van der Waals surface area contributed by atoms with Crippen LogP contribution in [-0.2, 0) is 13.0 Å². The summed E-state index contributed by atoms with van der Waals surface area (Å²) in [7, 11) is 0. The molecule has 1 fully saturated rings.